The van der Waals surface area contributed by atoms with Crippen LogP contribution in [-0.2, 0) is 0 Å². The van der Waals surface area contributed by atoms with E-state index >= 15 is 0 Å². The van der Waals surface area contributed by atoms with E-state index in [0.717, 1.165) is 28.3 Å². The van der Waals surface area contributed by atoms with Crippen LogP contribution in [0, 0.1) is 6.92 Å². The van der Waals surface area contributed by atoms with Gasteiger partial charge in [-0.3, -0.25) is 4.98 Å². The molecule has 0 aliphatic heterocycles. The van der Waals surface area contributed by atoms with E-state index in [0.29, 0.717) is 0 Å². The largest absolute Gasteiger partial charge is 0.493 e. The minimum Gasteiger partial charge on any atom is -0.493 e. The van der Waals surface area contributed by atoms with Crippen LogP contribution in [0.2, 0.25) is 0 Å². The first kappa shape index (κ1) is 14.2. The predicted molar refractivity (Wildman–Crippen MR) is 80.6 cm³/mol. The van der Waals surface area contributed by atoms with Gasteiger partial charge in [-0.1, -0.05) is 6.07 Å². The Balaban J connectivity index is 2.25. The summed E-state index contributed by atoms with van der Waals surface area (Å²) in [5.74, 6) is 1.46. The Morgan fingerprint density at radius 3 is 2.45 bits per heavy atom. The lowest BCUT2D eigenvalue weighted by Crippen LogP contribution is -2.08. The van der Waals surface area contributed by atoms with E-state index in [1.165, 1.54) is 0 Å². The second-order valence-electron chi connectivity index (χ2n) is 4.67. The van der Waals surface area contributed by atoms with E-state index < -0.39 is 0 Å². The number of hydrogen-bond donors (Lipinski definition) is 1. The zero-order valence-corrected chi connectivity index (χ0v) is 12.3. The van der Waals surface area contributed by atoms with Crippen molar-refractivity contribution in [1.29, 1.82) is 0 Å². The van der Waals surface area contributed by atoms with Crippen molar-refractivity contribution >= 4 is 5.69 Å². The molecule has 1 unspecified atom stereocenters. The molecule has 0 radical (unpaired) electrons. The molecule has 0 bridgehead atoms. The van der Waals surface area contributed by atoms with E-state index in [-0.39, 0.29) is 6.04 Å². The highest BCUT2D eigenvalue weighted by molar-refractivity contribution is 5.60. The average molecular weight is 272 g/mol. The molecule has 0 aliphatic carbocycles. The van der Waals surface area contributed by atoms with Crippen LogP contribution in [0.5, 0.6) is 11.5 Å². The van der Waals surface area contributed by atoms with Crippen molar-refractivity contribution in [3.63, 3.8) is 0 Å². The molecule has 0 spiro atoms. The highest BCUT2D eigenvalue weighted by Crippen LogP contribution is 2.34. The second kappa shape index (κ2) is 6.28. The smallest absolute Gasteiger partial charge is 0.162 e. The SMILES string of the molecule is COc1cc(C)c(NC(C)c2cccnc2)cc1OC. The Morgan fingerprint density at radius 1 is 1.15 bits per heavy atom. The molecule has 1 aromatic carbocycles. The maximum atomic E-state index is 5.34. The number of benzene rings is 1. The van der Waals surface area contributed by atoms with E-state index in [9.17, 15) is 0 Å². The molecule has 4 heteroatoms. The van der Waals surface area contributed by atoms with Gasteiger partial charge in [-0.25, -0.2) is 0 Å². The van der Waals surface area contributed by atoms with Gasteiger partial charge in [-0.15, -0.1) is 0 Å². The molecule has 1 N–H and O–H groups in total. The topological polar surface area (TPSA) is 43.4 Å². The fraction of sp³-hybridized carbons (Fsp3) is 0.312. The molecular weight excluding hydrogens is 252 g/mol. The molecule has 0 aliphatic rings. The fourth-order valence-electron chi connectivity index (χ4n) is 2.08. The monoisotopic (exact) mass is 272 g/mol. The number of pyridine rings is 1. The van der Waals surface area contributed by atoms with Crippen molar-refractivity contribution in [2.24, 2.45) is 0 Å². The first-order chi connectivity index (χ1) is 9.65. The van der Waals surface area contributed by atoms with Gasteiger partial charge in [0, 0.05) is 24.1 Å². The third-order valence-electron chi connectivity index (χ3n) is 3.29. The summed E-state index contributed by atoms with van der Waals surface area (Å²) in [6.45, 7) is 4.15. The van der Waals surface area contributed by atoms with Crippen LogP contribution < -0.4 is 14.8 Å². The summed E-state index contributed by atoms with van der Waals surface area (Å²) < 4.78 is 10.6. The Bertz CT molecular complexity index is 570. The Labute approximate surface area is 119 Å². The lowest BCUT2D eigenvalue weighted by Gasteiger charge is -2.19. The molecule has 0 saturated heterocycles. The first-order valence-corrected chi connectivity index (χ1v) is 6.54. The quantitative estimate of drug-likeness (QED) is 0.903. The van der Waals surface area contributed by atoms with Crippen LogP contribution >= 0.6 is 0 Å². The van der Waals surface area contributed by atoms with Gasteiger partial charge in [-0.2, -0.15) is 0 Å². The standard InChI is InChI=1S/C16H20N2O2/c1-11-8-15(19-3)16(20-4)9-14(11)18-12(2)13-6-5-7-17-10-13/h5-10,12,18H,1-4H3. The molecule has 2 rings (SSSR count). The van der Waals surface area contributed by atoms with Crippen LogP contribution in [0.25, 0.3) is 0 Å². The number of aryl methyl sites for hydroxylation is 1. The van der Waals surface area contributed by atoms with Crippen LogP contribution in [-0.4, -0.2) is 19.2 Å². The number of methoxy groups -OCH3 is 2. The van der Waals surface area contributed by atoms with E-state index in [1.54, 1.807) is 20.4 Å². The summed E-state index contributed by atoms with van der Waals surface area (Å²) in [4.78, 5) is 4.15. The van der Waals surface area contributed by atoms with Crippen LogP contribution in [0.15, 0.2) is 36.7 Å². The number of nitrogens with one attached hydrogen (secondary N) is 1. The maximum Gasteiger partial charge on any atom is 0.162 e. The lowest BCUT2D eigenvalue weighted by molar-refractivity contribution is 0.355. The molecule has 106 valence electrons. The Morgan fingerprint density at radius 2 is 1.85 bits per heavy atom. The number of aromatic nitrogens is 1. The lowest BCUT2D eigenvalue weighted by atomic mass is 10.1. The number of ether oxygens (including phenoxy) is 2. The van der Waals surface area contributed by atoms with Crippen LogP contribution in [0.4, 0.5) is 5.69 Å². The summed E-state index contributed by atoms with van der Waals surface area (Å²) in [6.07, 6.45) is 3.64. The second-order valence-corrected chi connectivity index (χ2v) is 4.67. The molecule has 0 saturated carbocycles. The third-order valence-corrected chi connectivity index (χ3v) is 3.29. The zero-order valence-electron chi connectivity index (χ0n) is 12.3. The first-order valence-electron chi connectivity index (χ1n) is 6.54. The Hall–Kier alpha value is -2.23. The van der Waals surface area contributed by atoms with E-state index in [2.05, 4.69) is 23.3 Å². The van der Waals surface area contributed by atoms with Gasteiger partial charge in [0.05, 0.1) is 20.3 Å². The van der Waals surface area contributed by atoms with Gasteiger partial charge in [0.15, 0.2) is 11.5 Å². The van der Waals surface area contributed by atoms with E-state index in [1.807, 2.05) is 31.3 Å². The van der Waals surface area contributed by atoms with Gasteiger partial charge in [-0.05, 0) is 37.1 Å². The summed E-state index contributed by atoms with van der Waals surface area (Å²) >= 11 is 0. The summed E-state index contributed by atoms with van der Waals surface area (Å²) in [5, 5.41) is 3.48. The van der Waals surface area contributed by atoms with Gasteiger partial charge in [0.1, 0.15) is 0 Å². The molecular formula is C16H20N2O2. The summed E-state index contributed by atoms with van der Waals surface area (Å²) in [7, 11) is 3.28. The van der Waals surface area contributed by atoms with Crippen LogP contribution in [0.3, 0.4) is 0 Å². The molecule has 1 aromatic heterocycles. The number of nitrogens with zero attached hydrogens (tertiary/aromatic N) is 1. The van der Waals surface area contributed by atoms with Gasteiger partial charge < -0.3 is 14.8 Å². The molecule has 0 fully saturated rings. The average Bonchev–Trinajstić information content (AvgIpc) is 2.49. The minimum absolute atomic E-state index is 0.167. The predicted octanol–water partition coefficient (Wildman–Crippen LogP) is 3.58. The van der Waals surface area contributed by atoms with Crippen molar-refractivity contribution in [2.45, 2.75) is 19.9 Å². The maximum absolute atomic E-state index is 5.34. The van der Waals surface area contributed by atoms with Gasteiger partial charge >= 0.3 is 0 Å². The van der Waals surface area contributed by atoms with Crippen molar-refractivity contribution in [2.75, 3.05) is 19.5 Å². The zero-order chi connectivity index (χ0) is 14.5. The number of rotatable bonds is 5. The number of anilines is 1. The van der Waals surface area contributed by atoms with Crippen LogP contribution in [0.1, 0.15) is 24.1 Å². The molecule has 1 atom stereocenters. The molecule has 20 heavy (non-hydrogen) atoms. The minimum atomic E-state index is 0.167. The Kier molecular flexibility index (Phi) is 4.45. The molecule has 1 heterocycles. The van der Waals surface area contributed by atoms with Gasteiger partial charge in [0.25, 0.3) is 0 Å². The number of hydrogen-bond acceptors (Lipinski definition) is 4. The van der Waals surface area contributed by atoms with Crippen molar-refractivity contribution in [3.8, 4) is 11.5 Å². The summed E-state index contributed by atoms with van der Waals surface area (Å²) in [6, 6.07) is 8.09. The third kappa shape index (κ3) is 3.02. The summed E-state index contributed by atoms with van der Waals surface area (Å²) in [5.41, 5.74) is 3.28. The normalized spacial score (nSPS) is 11.8. The highest BCUT2D eigenvalue weighted by Gasteiger charge is 2.11. The fourth-order valence-corrected chi connectivity index (χ4v) is 2.08. The molecule has 2 aromatic rings. The highest BCUT2D eigenvalue weighted by atomic mass is 16.5. The van der Waals surface area contributed by atoms with Gasteiger partial charge in [0.2, 0.25) is 0 Å². The van der Waals surface area contributed by atoms with Crippen molar-refractivity contribution in [3.05, 3.63) is 47.8 Å². The molecule has 0 amide bonds. The molecule has 4 nitrogen and oxygen atoms in total. The van der Waals surface area contributed by atoms with Crippen molar-refractivity contribution < 1.29 is 9.47 Å². The van der Waals surface area contributed by atoms with E-state index in [4.69, 9.17) is 9.47 Å². The van der Waals surface area contributed by atoms with Crippen molar-refractivity contribution in [1.82, 2.24) is 4.98 Å².